The summed E-state index contributed by atoms with van der Waals surface area (Å²) >= 11 is 0. The van der Waals surface area contributed by atoms with Crippen LogP contribution in [0.5, 0.6) is 0 Å². The molecule has 2 aromatic rings. The van der Waals surface area contributed by atoms with E-state index in [1.807, 2.05) is 31.8 Å². The van der Waals surface area contributed by atoms with Crippen molar-refractivity contribution in [1.29, 1.82) is 0 Å². The van der Waals surface area contributed by atoms with E-state index in [0.717, 1.165) is 23.8 Å². The molecule has 2 heterocycles. The highest BCUT2D eigenvalue weighted by atomic mass is 16.3. The normalized spacial score (nSPS) is 12.9. The van der Waals surface area contributed by atoms with Gasteiger partial charge in [0.2, 0.25) is 0 Å². The number of rotatable bonds is 4. The lowest BCUT2D eigenvalue weighted by atomic mass is 10.00. The van der Waals surface area contributed by atoms with Gasteiger partial charge in [-0.05, 0) is 40.3 Å². The van der Waals surface area contributed by atoms with E-state index in [1.165, 1.54) is 11.1 Å². The maximum absolute atomic E-state index is 5.71. The molecule has 0 bridgehead atoms. The Morgan fingerprint density at radius 2 is 2.06 bits per heavy atom. The van der Waals surface area contributed by atoms with E-state index in [0.29, 0.717) is 0 Å². The van der Waals surface area contributed by atoms with Gasteiger partial charge in [-0.3, -0.25) is 0 Å². The van der Waals surface area contributed by atoms with Crippen LogP contribution in [-0.2, 0) is 6.54 Å². The first kappa shape index (κ1) is 12.8. The smallest absolute Gasteiger partial charge is 0.106 e. The third kappa shape index (κ3) is 1.95. The van der Waals surface area contributed by atoms with Crippen LogP contribution in [0.2, 0.25) is 0 Å². The van der Waals surface area contributed by atoms with Crippen molar-refractivity contribution in [3.63, 3.8) is 0 Å². The standard InChI is InChI=1S/C13H20N4O/c1-6-17-11(7-15-16-17)13(14-5)12-8(2)9(3)18-10(12)4/h7,13-14H,6H2,1-5H3. The SMILES string of the molecule is CCn1nncc1C(NC)c1c(C)oc(C)c1C. The first-order chi connectivity index (χ1) is 8.60. The van der Waals surface area contributed by atoms with Gasteiger partial charge in [0.1, 0.15) is 11.5 Å². The van der Waals surface area contributed by atoms with Gasteiger partial charge in [0.15, 0.2) is 0 Å². The second kappa shape index (κ2) is 4.94. The minimum atomic E-state index is 0.0670. The molecule has 5 heteroatoms. The molecule has 0 spiro atoms. The van der Waals surface area contributed by atoms with Crippen LogP contribution in [-0.4, -0.2) is 22.0 Å². The zero-order chi connectivity index (χ0) is 13.3. The Morgan fingerprint density at radius 3 is 2.56 bits per heavy atom. The summed E-state index contributed by atoms with van der Waals surface area (Å²) in [5, 5.41) is 11.4. The zero-order valence-electron chi connectivity index (χ0n) is 11.6. The number of nitrogens with zero attached hydrogens (tertiary/aromatic N) is 3. The van der Waals surface area contributed by atoms with Crippen LogP contribution in [0.15, 0.2) is 10.6 Å². The van der Waals surface area contributed by atoms with Crippen LogP contribution in [0, 0.1) is 20.8 Å². The van der Waals surface area contributed by atoms with Crippen molar-refractivity contribution in [2.45, 2.75) is 40.3 Å². The lowest BCUT2D eigenvalue weighted by Gasteiger charge is -2.17. The Balaban J connectivity index is 2.52. The Kier molecular flexibility index (Phi) is 3.52. The Bertz CT molecular complexity index is 541. The number of aryl methyl sites for hydroxylation is 3. The molecule has 98 valence electrons. The van der Waals surface area contributed by atoms with Crippen LogP contribution in [0.4, 0.5) is 0 Å². The molecule has 0 aliphatic carbocycles. The van der Waals surface area contributed by atoms with Gasteiger partial charge in [0.05, 0.1) is 17.9 Å². The number of hydrogen-bond donors (Lipinski definition) is 1. The average Bonchev–Trinajstić information content (AvgIpc) is 2.90. The van der Waals surface area contributed by atoms with Gasteiger partial charge in [0.25, 0.3) is 0 Å². The van der Waals surface area contributed by atoms with Gasteiger partial charge in [-0.1, -0.05) is 5.21 Å². The summed E-state index contributed by atoms with van der Waals surface area (Å²) in [6, 6.07) is 0.0670. The van der Waals surface area contributed by atoms with E-state index in [2.05, 4.69) is 29.5 Å². The molecule has 0 aliphatic heterocycles. The highest BCUT2D eigenvalue weighted by molar-refractivity contribution is 5.38. The summed E-state index contributed by atoms with van der Waals surface area (Å²) in [4.78, 5) is 0. The van der Waals surface area contributed by atoms with E-state index in [-0.39, 0.29) is 6.04 Å². The molecule has 2 rings (SSSR count). The highest BCUT2D eigenvalue weighted by Gasteiger charge is 2.24. The number of nitrogens with one attached hydrogen (secondary N) is 1. The molecule has 0 aliphatic rings. The minimum Gasteiger partial charge on any atom is -0.466 e. The molecular weight excluding hydrogens is 228 g/mol. The summed E-state index contributed by atoms with van der Waals surface area (Å²) in [7, 11) is 1.94. The Morgan fingerprint density at radius 1 is 1.33 bits per heavy atom. The average molecular weight is 248 g/mol. The van der Waals surface area contributed by atoms with Crippen molar-refractivity contribution in [3.05, 3.63) is 34.5 Å². The molecule has 0 amide bonds. The molecule has 0 saturated heterocycles. The highest BCUT2D eigenvalue weighted by Crippen LogP contribution is 2.30. The van der Waals surface area contributed by atoms with Crippen LogP contribution >= 0.6 is 0 Å². The van der Waals surface area contributed by atoms with E-state index in [1.54, 1.807) is 0 Å². The predicted octanol–water partition coefficient (Wildman–Crippen LogP) is 2.13. The maximum Gasteiger partial charge on any atom is 0.106 e. The largest absolute Gasteiger partial charge is 0.466 e. The summed E-state index contributed by atoms with van der Waals surface area (Å²) in [5.74, 6) is 1.92. The quantitative estimate of drug-likeness (QED) is 0.900. The van der Waals surface area contributed by atoms with Crippen molar-refractivity contribution in [2.75, 3.05) is 7.05 Å². The second-order valence-electron chi connectivity index (χ2n) is 4.45. The molecular formula is C13H20N4O. The van der Waals surface area contributed by atoms with Crippen molar-refractivity contribution < 1.29 is 4.42 Å². The zero-order valence-corrected chi connectivity index (χ0v) is 11.6. The Labute approximate surface area is 107 Å². The van der Waals surface area contributed by atoms with Gasteiger partial charge in [-0.25, -0.2) is 4.68 Å². The first-order valence-electron chi connectivity index (χ1n) is 6.22. The molecule has 0 saturated carbocycles. The van der Waals surface area contributed by atoms with Crippen molar-refractivity contribution in [2.24, 2.45) is 0 Å². The Hall–Kier alpha value is -1.62. The fourth-order valence-corrected chi connectivity index (χ4v) is 2.41. The summed E-state index contributed by atoms with van der Waals surface area (Å²) < 4.78 is 7.61. The number of furan rings is 1. The molecule has 1 N–H and O–H groups in total. The molecule has 2 aromatic heterocycles. The van der Waals surface area contributed by atoms with Gasteiger partial charge < -0.3 is 9.73 Å². The predicted molar refractivity (Wildman–Crippen MR) is 69.5 cm³/mol. The lowest BCUT2D eigenvalue weighted by Crippen LogP contribution is -2.22. The number of hydrogen-bond acceptors (Lipinski definition) is 4. The van der Waals surface area contributed by atoms with Crippen LogP contribution < -0.4 is 5.32 Å². The van der Waals surface area contributed by atoms with Crippen molar-refractivity contribution in [1.82, 2.24) is 20.3 Å². The lowest BCUT2D eigenvalue weighted by molar-refractivity contribution is 0.491. The van der Waals surface area contributed by atoms with E-state index >= 15 is 0 Å². The molecule has 0 aromatic carbocycles. The van der Waals surface area contributed by atoms with Gasteiger partial charge >= 0.3 is 0 Å². The third-order valence-corrected chi connectivity index (χ3v) is 3.44. The van der Waals surface area contributed by atoms with E-state index in [9.17, 15) is 0 Å². The maximum atomic E-state index is 5.71. The fraction of sp³-hybridized carbons (Fsp3) is 0.538. The number of aromatic nitrogens is 3. The minimum absolute atomic E-state index is 0.0670. The van der Waals surface area contributed by atoms with Gasteiger partial charge in [-0.2, -0.15) is 0 Å². The summed E-state index contributed by atoms with van der Waals surface area (Å²) in [5.41, 5.74) is 3.44. The van der Waals surface area contributed by atoms with Crippen molar-refractivity contribution in [3.8, 4) is 0 Å². The summed E-state index contributed by atoms with van der Waals surface area (Å²) in [6.07, 6.45) is 1.81. The van der Waals surface area contributed by atoms with Crippen LogP contribution in [0.25, 0.3) is 0 Å². The molecule has 1 unspecified atom stereocenters. The topological polar surface area (TPSA) is 55.9 Å². The first-order valence-corrected chi connectivity index (χ1v) is 6.22. The van der Waals surface area contributed by atoms with Gasteiger partial charge in [-0.15, -0.1) is 5.10 Å². The van der Waals surface area contributed by atoms with E-state index in [4.69, 9.17) is 4.42 Å². The van der Waals surface area contributed by atoms with Crippen molar-refractivity contribution >= 4 is 0 Å². The molecule has 18 heavy (non-hydrogen) atoms. The third-order valence-electron chi connectivity index (χ3n) is 3.44. The van der Waals surface area contributed by atoms with Crippen LogP contribution in [0.1, 0.15) is 41.3 Å². The molecule has 0 fully saturated rings. The fourth-order valence-electron chi connectivity index (χ4n) is 2.41. The molecule has 1 atom stereocenters. The summed E-state index contributed by atoms with van der Waals surface area (Å²) in [6.45, 7) is 8.95. The molecule has 5 nitrogen and oxygen atoms in total. The second-order valence-corrected chi connectivity index (χ2v) is 4.45. The van der Waals surface area contributed by atoms with Gasteiger partial charge in [0, 0.05) is 12.1 Å². The van der Waals surface area contributed by atoms with Crippen LogP contribution in [0.3, 0.4) is 0 Å². The van der Waals surface area contributed by atoms with E-state index < -0.39 is 0 Å². The monoisotopic (exact) mass is 248 g/mol. The molecule has 0 radical (unpaired) electrons.